The van der Waals surface area contributed by atoms with E-state index in [2.05, 4.69) is 4.98 Å². The lowest BCUT2D eigenvalue weighted by Crippen LogP contribution is -2.30. The van der Waals surface area contributed by atoms with Gasteiger partial charge in [-0.15, -0.1) is 0 Å². The molecular weight excluding hydrogens is 209 g/mol. The van der Waals surface area contributed by atoms with Gasteiger partial charge in [0.15, 0.2) is 0 Å². The van der Waals surface area contributed by atoms with Crippen molar-refractivity contribution in [2.24, 2.45) is 5.84 Å². The summed E-state index contributed by atoms with van der Waals surface area (Å²) in [5.41, 5.74) is 3.60. The number of nitrogens with one attached hydrogen (secondary N) is 1. The zero-order chi connectivity index (χ0) is 11.7. The number of aromatic nitrogens is 1. The smallest absolute Gasteiger partial charge is 0.265 e. The van der Waals surface area contributed by atoms with Gasteiger partial charge in [0.05, 0.1) is 11.1 Å². The molecule has 1 aromatic heterocycles. The molecule has 0 radical (unpaired) electrons. The normalized spacial score (nSPS) is 10.4. The molecule has 0 atom stereocenters. The Morgan fingerprint density at radius 1 is 1.44 bits per heavy atom. The molecule has 0 unspecified atom stereocenters. The van der Waals surface area contributed by atoms with Gasteiger partial charge in [0.1, 0.15) is 5.82 Å². The van der Waals surface area contributed by atoms with E-state index in [-0.39, 0.29) is 0 Å². The van der Waals surface area contributed by atoms with Crippen molar-refractivity contribution in [1.29, 1.82) is 0 Å². The summed E-state index contributed by atoms with van der Waals surface area (Å²) in [5, 5.41) is 0.452. The number of benzene rings is 1. The fourth-order valence-electron chi connectivity index (χ4n) is 1.60. The summed E-state index contributed by atoms with van der Waals surface area (Å²) in [6.07, 6.45) is 0. The van der Waals surface area contributed by atoms with Gasteiger partial charge in [-0.3, -0.25) is 15.2 Å². The fraction of sp³-hybridized carbons (Fsp3) is 0.0909. The van der Waals surface area contributed by atoms with Crippen molar-refractivity contribution in [2.45, 2.75) is 6.92 Å². The maximum atomic E-state index is 13.1. The number of rotatable bonds is 1. The lowest BCUT2D eigenvalue weighted by atomic mass is 10.1. The lowest BCUT2D eigenvalue weighted by Gasteiger charge is -2.06. The molecule has 2 aromatic rings. The van der Waals surface area contributed by atoms with Gasteiger partial charge in [0, 0.05) is 11.1 Å². The Kier molecular flexibility index (Phi) is 2.54. The Bertz CT molecular complexity index is 568. The Labute approximate surface area is 91.2 Å². The standard InChI is InChI=1S/C11H10FN3O/c1-6-4-9(11(16)15-13)8-5-7(12)2-3-10(8)14-6/h2-5H,13H2,1H3,(H,15,16). The van der Waals surface area contributed by atoms with Gasteiger partial charge < -0.3 is 0 Å². The van der Waals surface area contributed by atoms with E-state index in [0.717, 1.165) is 0 Å². The number of nitrogen functional groups attached to an aromatic ring is 1. The van der Waals surface area contributed by atoms with E-state index in [1.807, 2.05) is 5.43 Å². The van der Waals surface area contributed by atoms with E-state index in [9.17, 15) is 9.18 Å². The second kappa shape index (κ2) is 3.86. The summed E-state index contributed by atoms with van der Waals surface area (Å²) in [7, 11) is 0. The van der Waals surface area contributed by atoms with Crippen LogP contribution in [0.4, 0.5) is 4.39 Å². The molecule has 16 heavy (non-hydrogen) atoms. The Balaban J connectivity index is 2.79. The summed E-state index contributed by atoms with van der Waals surface area (Å²) in [4.78, 5) is 15.7. The van der Waals surface area contributed by atoms with Crippen LogP contribution < -0.4 is 11.3 Å². The molecule has 0 spiro atoms. The van der Waals surface area contributed by atoms with Crippen LogP contribution in [0.2, 0.25) is 0 Å². The quantitative estimate of drug-likeness (QED) is 0.431. The Morgan fingerprint density at radius 2 is 2.19 bits per heavy atom. The first-order chi connectivity index (χ1) is 7.61. The Hall–Kier alpha value is -2.01. The number of carbonyl (C=O) groups is 1. The van der Waals surface area contributed by atoms with Crippen molar-refractivity contribution in [2.75, 3.05) is 0 Å². The molecule has 5 heteroatoms. The van der Waals surface area contributed by atoms with E-state index in [4.69, 9.17) is 5.84 Å². The first-order valence-corrected chi connectivity index (χ1v) is 4.69. The molecule has 1 heterocycles. The predicted molar refractivity (Wildman–Crippen MR) is 58.1 cm³/mol. The zero-order valence-electron chi connectivity index (χ0n) is 8.62. The van der Waals surface area contributed by atoms with Crippen LogP contribution in [0, 0.1) is 12.7 Å². The van der Waals surface area contributed by atoms with Crippen molar-refractivity contribution in [3.05, 3.63) is 41.3 Å². The second-order valence-electron chi connectivity index (χ2n) is 3.45. The molecule has 3 N–H and O–H groups in total. The largest absolute Gasteiger partial charge is 0.290 e. The van der Waals surface area contributed by atoms with Crippen LogP contribution in [0.25, 0.3) is 10.9 Å². The minimum atomic E-state index is -0.457. The molecule has 0 saturated carbocycles. The number of nitrogens with two attached hydrogens (primary N) is 1. The molecule has 1 amide bonds. The number of hydrazine groups is 1. The van der Waals surface area contributed by atoms with E-state index < -0.39 is 11.7 Å². The van der Waals surface area contributed by atoms with Crippen molar-refractivity contribution < 1.29 is 9.18 Å². The maximum Gasteiger partial charge on any atom is 0.265 e. The van der Waals surface area contributed by atoms with Crippen LogP contribution in [-0.4, -0.2) is 10.9 Å². The molecule has 2 rings (SSSR count). The molecule has 0 aliphatic carbocycles. The monoisotopic (exact) mass is 219 g/mol. The first-order valence-electron chi connectivity index (χ1n) is 4.69. The SMILES string of the molecule is Cc1cc(C(=O)NN)c2cc(F)ccc2n1. The number of pyridine rings is 1. The van der Waals surface area contributed by atoms with Crippen molar-refractivity contribution >= 4 is 16.8 Å². The maximum absolute atomic E-state index is 13.1. The first kappa shape index (κ1) is 10.5. The van der Waals surface area contributed by atoms with Crippen LogP contribution in [0.3, 0.4) is 0 Å². The van der Waals surface area contributed by atoms with E-state index in [1.165, 1.54) is 18.2 Å². The fourth-order valence-corrected chi connectivity index (χ4v) is 1.60. The molecule has 0 fully saturated rings. The van der Waals surface area contributed by atoms with Gasteiger partial charge in [0.2, 0.25) is 0 Å². The zero-order valence-corrected chi connectivity index (χ0v) is 8.62. The number of halogens is 1. The number of carbonyl (C=O) groups excluding carboxylic acids is 1. The molecule has 1 aromatic carbocycles. The summed E-state index contributed by atoms with van der Waals surface area (Å²) < 4.78 is 13.1. The molecular formula is C11H10FN3O. The van der Waals surface area contributed by atoms with Gasteiger partial charge in [-0.25, -0.2) is 10.2 Å². The average Bonchev–Trinajstić information content (AvgIpc) is 2.27. The van der Waals surface area contributed by atoms with E-state index >= 15 is 0 Å². The van der Waals surface area contributed by atoms with Crippen molar-refractivity contribution in [1.82, 2.24) is 10.4 Å². The number of amides is 1. The Morgan fingerprint density at radius 3 is 2.88 bits per heavy atom. The van der Waals surface area contributed by atoms with Crippen molar-refractivity contribution in [3.63, 3.8) is 0 Å². The van der Waals surface area contributed by atoms with Crippen LogP contribution in [0.15, 0.2) is 24.3 Å². The molecule has 0 aliphatic heterocycles. The van der Waals surface area contributed by atoms with Gasteiger partial charge in [0.25, 0.3) is 5.91 Å². The van der Waals surface area contributed by atoms with Gasteiger partial charge in [-0.1, -0.05) is 0 Å². The van der Waals surface area contributed by atoms with Crippen LogP contribution in [-0.2, 0) is 0 Å². The van der Waals surface area contributed by atoms with E-state index in [0.29, 0.717) is 22.2 Å². The third-order valence-corrected chi connectivity index (χ3v) is 2.27. The van der Waals surface area contributed by atoms with Crippen molar-refractivity contribution in [3.8, 4) is 0 Å². The molecule has 0 saturated heterocycles. The number of aryl methyl sites for hydroxylation is 1. The average molecular weight is 219 g/mol. The van der Waals surface area contributed by atoms with Gasteiger partial charge in [-0.2, -0.15) is 0 Å². The highest BCUT2D eigenvalue weighted by Crippen LogP contribution is 2.19. The minimum Gasteiger partial charge on any atom is -0.290 e. The third kappa shape index (κ3) is 1.72. The van der Waals surface area contributed by atoms with Gasteiger partial charge >= 0.3 is 0 Å². The molecule has 82 valence electrons. The third-order valence-electron chi connectivity index (χ3n) is 2.27. The van der Waals surface area contributed by atoms with Crippen LogP contribution in [0.5, 0.6) is 0 Å². The molecule has 0 aliphatic rings. The molecule has 0 bridgehead atoms. The number of hydrogen-bond acceptors (Lipinski definition) is 3. The molecule has 4 nitrogen and oxygen atoms in total. The van der Waals surface area contributed by atoms with Gasteiger partial charge in [-0.05, 0) is 31.2 Å². The summed E-state index contributed by atoms with van der Waals surface area (Å²) in [6, 6.07) is 5.68. The number of fused-ring (bicyclic) bond motifs is 1. The lowest BCUT2D eigenvalue weighted by molar-refractivity contribution is 0.0955. The van der Waals surface area contributed by atoms with E-state index in [1.54, 1.807) is 13.0 Å². The van der Waals surface area contributed by atoms with Crippen LogP contribution in [0.1, 0.15) is 16.1 Å². The topological polar surface area (TPSA) is 68.0 Å². The van der Waals surface area contributed by atoms with Crippen LogP contribution >= 0.6 is 0 Å². The number of hydrogen-bond donors (Lipinski definition) is 2. The highest BCUT2D eigenvalue weighted by Gasteiger charge is 2.11. The summed E-state index contributed by atoms with van der Waals surface area (Å²) >= 11 is 0. The predicted octanol–water partition coefficient (Wildman–Crippen LogP) is 1.29. The number of nitrogens with zero attached hydrogens (tertiary/aromatic N) is 1. The summed E-state index contributed by atoms with van der Waals surface area (Å²) in [6.45, 7) is 1.76. The second-order valence-corrected chi connectivity index (χ2v) is 3.45. The summed E-state index contributed by atoms with van der Waals surface area (Å²) in [5.74, 6) is 4.20. The highest BCUT2D eigenvalue weighted by atomic mass is 19.1. The minimum absolute atomic E-state index is 0.324. The highest BCUT2D eigenvalue weighted by molar-refractivity contribution is 6.05.